The molecule has 4 rings (SSSR count). The van der Waals surface area contributed by atoms with Gasteiger partial charge in [0, 0.05) is 32.0 Å². The number of nitrogens with one attached hydrogen (secondary N) is 1. The third kappa shape index (κ3) is 3.51. The van der Waals surface area contributed by atoms with E-state index in [2.05, 4.69) is 15.3 Å². The molecule has 1 aromatic heterocycles. The normalized spacial score (nSPS) is 24.2. The van der Waals surface area contributed by atoms with Crippen molar-refractivity contribution in [2.75, 3.05) is 26.2 Å². The Morgan fingerprint density at radius 2 is 2.12 bits per heavy atom. The maximum absolute atomic E-state index is 12.4. The van der Waals surface area contributed by atoms with Gasteiger partial charge in [0.05, 0.1) is 19.3 Å². The highest BCUT2D eigenvalue weighted by atomic mass is 16.5. The molecule has 2 amide bonds. The molecular weight excluding hydrogens is 320 g/mol. The lowest BCUT2D eigenvalue weighted by molar-refractivity contribution is -0.123. The second-order valence-electron chi connectivity index (χ2n) is 7.44. The molecule has 25 heavy (non-hydrogen) atoms. The predicted molar refractivity (Wildman–Crippen MR) is 89.7 cm³/mol. The van der Waals surface area contributed by atoms with E-state index >= 15 is 0 Å². The minimum absolute atomic E-state index is 0.0919. The quantitative estimate of drug-likeness (QED) is 0.833. The average Bonchev–Trinajstić information content (AvgIpc) is 3.30. The van der Waals surface area contributed by atoms with Gasteiger partial charge in [-0.15, -0.1) is 0 Å². The summed E-state index contributed by atoms with van der Waals surface area (Å²) < 4.78 is 5.99. The van der Waals surface area contributed by atoms with Gasteiger partial charge in [-0.1, -0.05) is 0 Å². The van der Waals surface area contributed by atoms with Gasteiger partial charge in [0.1, 0.15) is 11.3 Å². The van der Waals surface area contributed by atoms with Gasteiger partial charge in [-0.25, -0.2) is 4.98 Å². The number of hydrogen-bond donors (Lipinski definition) is 1. The van der Waals surface area contributed by atoms with Crippen LogP contribution < -0.4 is 5.32 Å². The number of carbonyl (C=O) groups is 2. The van der Waals surface area contributed by atoms with E-state index in [9.17, 15) is 9.59 Å². The highest BCUT2D eigenvalue weighted by Gasteiger charge is 2.54. The Morgan fingerprint density at radius 1 is 1.28 bits per heavy atom. The van der Waals surface area contributed by atoms with E-state index in [1.165, 1.54) is 25.2 Å². The highest BCUT2D eigenvalue weighted by molar-refractivity contribution is 5.92. The minimum atomic E-state index is -0.237. The molecule has 3 fully saturated rings. The van der Waals surface area contributed by atoms with Crippen LogP contribution in [0.25, 0.3) is 0 Å². The fourth-order valence-corrected chi connectivity index (χ4v) is 3.90. The number of amides is 2. The summed E-state index contributed by atoms with van der Waals surface area (Å²) in [6, 6.07) is 0. The van der Waals surface area contributed by atoms with E-state index in [0.29, 0.717) is 43.6 Å². The van der Waals surface area contributed by atoms with Crippen molar-refractivity contribution in [1.82, 2.24) is 20.2 Å². The van der Waals surface area contributed by atoms with Gasteiger partial charge in [-0.3, -0.25) is 14.6 Å². The molecule has 1 atom stereocenters. The molecule has 7 nitrogen and oxygen atoms in total. The molecule has 2 saturated heterocycles. The van der Waals surface area contributed by atoms with Crippen LogP contribution in [0.3, 0.4) is 0 Å². The first-order valence-electron chi connectivity index (χ1n) is 9.12. The topological polar surface area (TPSA) is 84.4 Å². The van der Waals surface area contributed by atoms with E-state index < -0.39 is 0 Å². The van der Waals surface area contributed by atoms with Crippen LogP contribution in [0.15, 0.2) is 18.6 Å². The molecular formula is C18H24N4O3. The maximum atomic E-state index is 12.4. The van der Waals surface area contributed by atoms with Crippen molar-refractivity contribution in [3.8, 4) is 0 Å². The summed E-state index contributed by atoms with van der Waals surface area (Å²) in [7, 11) is 0. The fraction of sp³-hybridized carbons (Fsp3) is 0.667. The van der Waals surface area contributed by atoms with Crippen LogP contribution in [-0.2, 0) is 9.53 Å². The molecule has 1 aromatic rings. The first-order chi connectivity index (χ1) is 12.2. The standard InChI is InChI=1S/C18H24N4O3/c23-16(9-13-1-2-13)21-5-3-14-4-8-25-18(14)11-22(12-18)17(24)15-10-19-6-7-20-15/h6-7,10,13-14H,1-5,8-9,11-12H2,(H,21,23). The molecule has 7 heteroatoms. The average molecular weight is 344 g/mol. The molecule has 1 N–H and O–H groups in total. The lowest BCUT2D eigenvalue weighted by Gasteiger charge is -2.50. The maximum Gasteiger partial charge on any atom is 0.274 e. The molecule has 0 aromatic carbocycles. The van der Waals surface area contributed by atoms with Crippen molar-refractivity contribution in [2.24, 2.45) is 11.8 Å². The Labute approximate surface area is 147 Å². The molecule has 0 bridgehead atoms. The van der Waals surface area contributed by atoms with E-state index in [0.717, 1.165) is 19.4 Å². The van der Waals surface area contributed by atoms with Crippen molar-refractivity contribution >= 4 is 11.8 Å². The summed E-state index contributed by atoms with van der Waals surface area (Å²) in [5, 5.41) is 3.03. The van der Waals surface area contributed by atoms with E-state index in [4.69, 9.17) is 4.74 Å². The minimum Gasteiger partial charge on any atom is -0.371 e. The van der Waals surface area contributed by atoms with Crippen molar-refractivity contribution in [2.45, 2.75) is 37.7 Å². The zero-order chi connectivity index (χ0) is 17.3. The second kappa shape index (κ2) is 6.71. The molecule has 1 saturated carbocycles. The highest BCUT2D eigenvalue weighted by Crippen LogP contribution is 2.42. The van der Waals surface area contributed by atoms with E-state index in [1.54, 1.807) is 11.1 Å². The Kier molecular flexibility index (Phi) is 4.41. The number of likely N-dealkylation sites (tertiary alicyclic amines) is 1. The summed E-state index contributed by atoms with van der Waals surface area (Å²) in [4.78, 5) is 34.0. The van der Waals surface area contributed by atoms with Crippen LogP contribution in [0, 0.1) is 11.8 Å². The summed E-state index contributed by atoms with van der Waals surface area (Å²) in [5.41, 5.74) is 0.137. The number of ether oxygens (including phenoxy) is 1. The van der Waals surface area contributed by atoms with Crippen LogP contribution in [-0.4, -0.2) is 58.5 Å². The lowest BCUT2D eigenvalue weighted by Crippen LogP contribution is -2.66. The molecule has 134 valence electrons. The predicted octanol–water partition coefficient (Wildman–Crippen LogP) is 1.01. The third-order valence-corrected chi connectivity index (χ3v) is 5.57. The Hall–Kier alpha value is -2.02. The summed E-state index contributed by atoms with van der Waals surface area (Å²) in [6.07, 6.45) is 9.55. The summed E-state index contributed by atoms with van der Waals surface area (Å²) in [6.45, 7) is 2.62. The Balaban J connectivity index is 1.26. The smallest absolute Gasteiger partial charge is 0.274 e. The van der Waals surface area contributed by atoms with Crippen LogP contribution in [0.5, 0.6) is 0 Å². The first-order valence-corrected chi connectivity index (χ1v) is 9.12. The second-order valence-corrected chi connectivity index (χ2v) is 7.44. The number of hydrogen-bond acceptors (Lipinski definition) is 5. The number of carbonyl (C=O) groups excluding carboxylic acids is 2. The van der Waals surface area contributed by atoms with Crippen molar-refractivity contribution in [1.29, 1.82) is 0 Å². The molecule has 0 radical (unpaired) electrons. The summed E-state index contributed by atoms with van der Waals surface area (Å²) >= 11 is 0. The largest absolute Gasteiger partial charge is 0.371 e. The molecule has 1 unspecified atom stereocenters. The van der Waals surface area contributed by atoms with Crippen molar-refractivity contribution < 1.29 is 14.3 Å². The van der Waals surface area contributed by atoms with Gasteiger partial charge >= 0.3 is 0 Å². The summed E-state index contributed by atoms with van der Waals surface area (Å²) in [5.74, 6) is 1.09. The molecule has 1 aliphatic carbocycles. The zero-order valence-electron chi connectivity index (χ0n) is 14.3. The molecule has 3 aliphatic rings. The first kappa shape index (κ1) is 16.4. The number of nitrogens with zero attached hydrogens (tertiary/aromatic N) is 3. The lowest BCUT2D eigenvalue weighted by atomic mass is 9.78. The Morgan fingerprint density at radius 3 is 2.84 bits per heavy atom. The Bertz CT molecular complexity index is 641. The molecule has 3 heterocycles. The van der Waals surface area contributed by atoms with Gasteiger partial charge in [0.25, 0.3) is 5.91 Å². The number of aromatic nitrogens is 2. The SMILES string of the molecule is O=C(CC1CC1)NCCC1CCOC12CN(C(=O)c1cnccn1)C2. The van der Waals surface area contributed by atoms with Gasteiger partial charge in [-0.2, -0.15) is 0 Å². The van der Waals surface area contributed by atoms with Crippen LogP contribution in [0.4, 0.5) is 0 Å². The van der Waals surface area contributed by atoms with Gasteiger partial charge < -0.3 is 15.0 Å². The fourth-order valence-electron chi connectivity index (χ4n) is 3.90. The van der Waals surface area contributed by atoms with Crippen LogP contribution in [0.2, 0.25) is 0 Å². The molecule has 2 aliphatic heterocycles. The monoisotopic (exact) mass is 344 g/mol. The number of rotatable bonds is 6. The zero-order valence-corrected chi connectivity index (χ0v) is 14.3. The van der Waals surface area contributed by atoms with Crippen LogP contribution in [0.1, 0.15) is 42.6 Å². The van der Waals surface area contributed by atoms with Gasteiger partial charge in [0.15, 0.2) is 0 Å². The molecule has 1 spiro atoms. The van der Waals surface area contributed by atoms with Crippen molar-refractivity contribution in [3.05, 3.63) is 24.3 Å². The van der Waals surface area contributed by atoms with E-state index in [-0.39, 0.29) is 17.4 Å². The third-order valence-electron chi connectivity index (χ3n) is 5.57. The van der Waals surface area contributed by atoms with Gasteiger partial charge in [-0.05, 0) is 37.5 Å². The van der Waals surface area contributed by atoms with Gasteiger partial charge in [0.2, 0.25) is 5.91 Å². The van der Waals surface area contributed by atoms with Crippen molar-refractivity contribution in [3.63, 3.8) is 0 Å². The van der Waals surface area contributed by atoms with E-state index in [1.807, 2.05) is 0 Å². The van der Waals surface area contributed by atoms with Crippen LogP contribution >= 0.6 is 0 Å².